The fraction of sp³-hybridized carbons (Fsp3) is 0.579. The maximum absolute atomic E-state index is 13.2. The Morgan fingerprint density at radius 3 is 3.08 bits per heavy atom. The van der Waals surface area contributed by atoms with Crippen LogP contribution in [0.15, 0.2) is 24.3 Å². The van der Waals surface area contributed by atoms with Gasteiger partial charge in [0.1, 0.15) is 0 Å². The zero-order chi connectivity index (χ0) is 17.6. The SMILES string of the molecule is O=C(Nc1cccc(-c2nnnn2C2CC2)c1)[C@@]12CCCC[C@H]1CNC2. The zero-order valence-corrected chi connectivity index (χ0v) is 14.8. The predicted octanol–water partition coefficient (Wildman–Crippen LogP) is 2.39. The van der Waals surface area contributed by atoms with Crippen molar-refractivity contribution in [1.29, 1.82) is 0 Å². The van der Waals surface area contributed by atoms with Crippen molar-refractivity contribution in [2.24, 2.45) is 11.3 Å². The van der Waals surface area contributed by atoms with E-state index in [0.29, 0.717) is 12.0 Å². The minimum Gasteiger partial charge on any atom is -0.326 e. The summed E-state index contributed by atoms with van der Waals surface area (Å²) in [7, 11) is 0. The van der Waals surface area contributed by atoms with Crippen LogP contribution in [0.1, 0.15) is 44.6 Å². The van der Waals surface area contributed by atoms with Crippen LogP contribution in [0.3, 0.4) is 0 Å². The third kappa shape index (κ3) is 2.61. The molecule has 136 valence electrons. The molecule has 2 saturated carbocycles. The first kappa shape index (κ1) is 15.9. The fourth-order valence-corrected chi connectivity index (χ4v) is 4.63. The monoisotopic (exact) mass is 352 g/mol. The van der Waals surface area contributed by atoms with E-state index >= 15 is 0 Å². The highest BCUT2D eigenvalue weighted by molar-refractivity contribution is 5.96. The summed E-state index contributed by atoms with van der Waals surface area (Å²) in [5.41, 5.74) is 1.52. The van der Waals surface area contributed by atoms with Gasteiger partial charge in [0.15, 0.2) is 5.82 Å². The molecule has 1 aliphatic heterocycles. The van der Waals surface area contributed by atoms with E-state index in [1.807, 2.05) is 28.9 Å². The Balaban J connectivity index is 1.39. The van der Waals surface area contributed by atoms with Crippen LogP contribution in [0.25, 0.3) is 11.4 Å². The highest BCUT2D eigenvalue weighted by Gasteiger charge is 2.49. The van der Waals surface area contributed by atoms with E-state index in [-0.39, 0.29) is 11.3 Å². The molecule has 5 rings (SSSR count). The molecular formula is C19H24N6O. The van der Waals surface area contributed by atoms with Crippen molar-refractivity contribution in [2.45, 2.75) is 44.6 Å². The van der Waals surface area contributed by atoms with Crippen LogP contribution >= 0.6 is 0 Å². The molecule has 0 bridgehead atoms. The van der Waals surface area contributed by atoms with Crippen LogP contribution in [0.2, 0.25) is 0 Å². The van der Waals surface area contributed by atoms with Gasteiger partial charge in [0, 0.05) is 17.8 Å². The van der Waals surface area contributed by atoms with Gasteiger partial charge < -0.3 is 10.6 Å². The molecule has 7 heteroatoms. The number of hydrogen-bond acceptors (Lipinski definition) is 5. The Bertz CT molecular complexity index is 829. The summed E-state index contributed by atoms with van der Waals surface area (Å²) in [6, 6.07) is 8.31. The molecule has 1 aromatic carbocycles. The van der Waals surface area contributed by atoms with Crippen molar-refractivity contribution >= 4 is 11.6 Å². The summed E-state index contributed by atoms with van der Waals surface area (Å²) in [5.74, 6) is 1.40. The van der Waals surface area contributed by atoms with Gasteiger partial charge in [-0.1, -0.05) is 25.0 Å². The average Bonchev–Trinajstić information content (AvgIpc) is 3.22. The van der Waals surface area contributed by atoms with E-state index in [9.17, 15) is 4.79 Å². The first-order valence-corrected chi connectivity index (χ1v) is 9.67. The van der Waals surface area contributed by atoms with Crippen molar-refractivity contribution < 1.29 is 4.79 Å². The third-order valence-electron chi connectivity index (χ3n) is 6.25. The molecule has 2 atom stereocenters. The van der Waals surface area contributed by atoms with E-state index in [0.717, 1.165) is 62.3 Å². The molecule has 2 aromatic rings. The minimum atomic E-state index is -0.246. The van der Waals surface area contributed by atoms with Crippen LogP contribution in [0.4, 0.5) is 5.69 Å². The van der Waals surface area contributed by atoms with Gasteiger partial charge in [-0.3, -0.25) is 4.79 Å². The largest absolute Gasteiger partial charge is 0.326 e. The summed E-state index contributed by atoms with van der Waals surface area (Å²) < 4.78 is 1.90. The van der Waals surface area contributed by atoms with Crippen LogP contribution in [-0.2, 0) is 4.79 Å². The molecule has 0 spiro atoms. The number of anilines is 1. The second kappa shape index (κ2) is 6.16. The van der Waals surface area contributed by atoms with Crippen LogP contribution in [-0.4, -0.2) is 39.2 Å². The summed E-state index contributed by atoms with van der Waals surface area (Å²) in [6.07, 6.45) is 6.77. The average molecular weight is 352 g/mol. The summed E-state index contributed by atoms with van der Waals surface area (Å²) in [6.45, 7) is 1.76. The Morgan fingerprint density at radius 2 is 2.19 bits per heavy atom. The normalized spacial score (nSPS) is 27.9. The van der Waals surface area contributed by atoms with Crippen molar-refractivity contribution in [3.63, 3.8) is 0 Å². The van der Waals surface area contributed by atoms with Gasteiger partial charge in [-0.25, -0.2) is 4.68 Å². The van der Waals surface area contributed by atoms with Gasteiger partial charge in [0.2, 0.25) is 5.91 Å². The lowest BCUT2D eigenvalue weighted by molar-refractivity contribution is -0.128. The molecule has 1 saturated heterocycles. The minimum absolute atomic E-state index is 0.158. The maximum atomic E-state index is 13.2. The molecule has 1 amide bonds. The van der Waals surface area contributed by atoms with E-state index < -0.39 is 0 Å². The first-order chi connectivity index (χ1) is 12.8. The van der Waals surface area contributed by atoms with Crippen LogP contribution in [0, 0.1) is 11.3 Å². The van der Waals surface area contributed by atoms with Gasteiger partial charge in [-0.2, -0.15) is 0 Å². The number of hydrogen-bond donors (Lipinski definition) is 2. The van der Waals surface area contributed by atoms with Gasteiger partial charge >= 0.3 is 0 Å². The molecule has 3 aliphatic rings. The summed E-state index contributed by atoms with van der Waals surface area (Å²) >= 11 is 0. The predicted molar refractivity (Wildman–Crippen MR) is 97.4 cm³/mol. The lowest BCUT2D eigenvalue weighted by Gasteiger charge is -2.37. The zero-order valence-electron chi connectivity index (χ0n) is 14.8. The Hall–Kier alpha value is -2.28. The molecule has 0 radical (unpaired) electrons. The van der Waals surface area contributed by atoms with Gasteiger partial charge in [0.25, 0.3) is 0 Å². The summed E-state index contributed by atoms with van der Waals surface area (Å²) in [4.78, 5) is 13.2. The van der Waals surface area contributed by atoms with Crippen molar-refractivity contribution in [1.82, 2.24) is 25.5 Å². The number of rotatable bonds is 4. The number of nitrogens with one attached hydrogen (secondary N) is 2. The molecule has 3 fully saturated rings. The van der Waals surface area contributed by atoms with Crippen molar-refractivity contribution in [3.8, 4) is 11.4 Å². The van der Waals surface area contributed by atoms with Gasteiger partial charge in [-0.15, -0.1) is 5.10 Å². The smallest absolute Gasteiger partial charge is 0.232 e. The molecular weight excluding hydrogens is 328 g/mol. The highest BCUT2D eigenvalue weighted by Crippen LogP contribution is 2.44. The van der Waals surface area contributed by atoms with Gasteiger partial charge in [0.05, 0.1) is 11.5 Å². The molecule has 2 heterocycles. The first-order valence-electron chi connectivity index (χ1n) is 9.67. The molecule has 26 heavy (non-hydrogen) atoms. The number of benzene rings is 1. The number of fused-ring (bicyclic) bond motifs is 1. The summed E-state index contributed by atoms with van der Waals surface area (Å²) in [5, 5.41) is 18.8. The second-order valence-electron chi connectivity index (χ2n) is 7.94. The molecule has 1 aromatic heterocycles. The number of tetrazole rings is 1. The number of nitrogens with zero attached hydrogens (tertiary/aromatic N) is 4. The standard InChI is InChI=1S/C19H24N6O/c26-18(19-9-2-1-5-14(19)11-20-12-19)21-15-6-3-4-13(10-15)17-22-23-24-25(17)16-7-8-16/h3-4,6,10,14,16,20H,1-2,5,7-9,11-12H2,(H,21,26)/t14-,19+/m0/s1. The van der Waals surface area contributed by atoms with Crippen molar-refractivity contribution in [2.75, 3.05) is 18.4 Å². The molecule has 2 aliphatic carbocycles. The lowest BCUT2D eigenvalue weighted by Crippen LogP contribution is -2.44. The topological polar surface area (TPSA) is 84.7 Å². The number of carbonyl (C=O) groups is 1. The third-order valence-corrected chi connectivity index (χ3v) is 6.25. The Labute approximate surface area is 152 Å². The lowest BCUT2D eigenvalue weighted by atomic mass is 9.67. The maximum Gasteiger partial charge on any atom is 0.232 e. The fourth-order valence-electron chi connectivity index (χ4n) is 4.63. The molecule has 2 N–H and O–H groups in total. The van der Waals surface area contributed by atoms with Crippen LogP contribution < -0.4 is 10.6 Å². The second-order valence-corrected chi connectivity index (χ2v) is 7.94. The number of amides is 1. The van der Waals surface area contributed by atoms with Gasteiger partial charge in [-0.05, 0) is 60.7 Å². The highest BCUT2D eigenvalue weighted by atomic mass is 16.2. The van der Waals surface area contributed by atoms with E-state index in [1.54, 1.807) is 0 Å². The Morgan fingerprint density at radius 1 is 1.27 bits per heavy atom. The number of carbonyl (C=O) groups excluding carboxylic acids is 1. The van der Waals surface area contributed by atoms with Crippen molar-refractivity contribution in [3.05, 3.63) is 24.3 Å². The van der Waals surface area contributed by atoms with E-state index in [2.05, 4.69) is 26.2 Å². The van der Waals surface area contributed by atoms with E-state index in [1.165, 1.54) is 6.42 Å². The van der Waals surface area contributed by atoms with Crippen LogP contribution in [0.5, 0.6) is 0 Å². The number of aromatic nitrogens is 4. The van der Waals surface area contributed by atoms with E-state index in [4.69, 9.17) is 0 Å². The quantitative estimate of drug-likeness (QED) is 0.883. The molecule has 0 unspecified atom stereocenters. The molecule has 7 nitrogen and oxygen atoms in total. The Kier molecular flexibility index (Phi) is 3.77.